The predicted octanol–water partition coefficient (Wildman–Crippen LogP) is 3.89. The number of nitrogens with one attached hydrogen (secondary N) is 1. The number of pyridine rings is 2. The number of amides is 1. The van der Waals surface area contributed by atoms with Gasteiger partial charge in [0.1, 0.15) is 5.82 Å². The fraction of sp³-hybridized carbons (Fsp3) is 0.0500. The van der Waals surface area contributed by atoms with E-state index in [2.05, 4.69) is 25.4 Å². The summed E-state index contributed by atoms with van der Waals surface area (Å²) >= 11 is 1.54. The maximum absolute atomic E-state index is 12.6. The zero-order valence-electron chi connectivity index (χ0n) is 14.8. The van der Waals surface area contributed by atoms with Crippen LogP contribution in [0.3, 0.4) is 0 Å². The monoisotopic (exact) mass is 386 g/mol. The Morgan fingerprint density at radius 3 is 2.86 bits per heavy atom. The summed E-state index contributed by atoms with van der Waals surface area (Å²) in [6.07, 6.45) is 5.38. The van der Waals surface area contributed by atoms with Crippen molar-refractivity contribution in [3.05, 3.63) is 66.1 Å². The van der Waals surface area contributed by atoms with E-state index in [1.807, 2.05) is 31.4 Å². The van der Waals surface area contributed by atoms with Gasteiger partial charge < -0.3 is 5.32 Å². The molecule has 1 amide bonds. The molecule has 0 spiro atoms. The summed E-state index contributed by atoms with van der Waals surface area (Å²) in [5, 5.41) is 7.92. The molecule has 0 radical (unpaired) electrons. The van der Waals surface area contributed by atoms with E-state index >= 15 is 0 Å². The van der Waals surface area contributed by atoms with Gasteiger partial charge in [-0.3, -0.25) is 9.48 Å². The minimum absolute atomic E-state index is 0.231. The van der Waals surface area contributed by atoms with Gasteiger partial charge in [-0.25, -0.2) is 15.0 Å². The number of benzene rings is 1. The molecule has 0 aliphatic rings. The Morgan fingerprint density at radius 2 is 2.00 bits per heavy atom. The van der Waals surface area contributed by atoms with E-state index in [4.69, 9.17) is 0 Å². The third-order valence-electron chi connectivity index (χ3n) is 4.41. The number of rotatable bonds is 3. The van der Waals surface area contributed by atoms with Crippen molar-refractivity contribution in [3.63, 3.8) is 0 Å². The Bertz CT molecular complexity index is 1340. The van der Waals surface area contributed by atoms with E-state index in [0.29, 0.717) is 11.4 Å². The standard InChI is InChI=1S/C20H14N6OS/c1-26-10-14(9-23-26)15-4-2-13-8-21-19(7-16(13)24-15)25-20(27)12-3-5-18-17(6-12)22-11-28-18/h2-11H,1H3,(H,21,25,27). The summed E-state index contributed by atoms with van der Waals surface area (Å²) in [6.45, 7) is 0. The quantitative estimate of drug-likeness (QED) is 0.508. The van der Waals surface area contributed by atoms with E-state index < -0.39 is 0 Å². The van der Waals surface area contributed by atoms with Crippen molar-refractivity contribution in [2.24, 2.45) is 7.05 Å². The SMILES string of the molecule is Cn1cc(-c2ccc3cnc(NC(=O)c4ccc5scnc5c4)cc3n2)cn1. The molecule has 0 aliphatic carbocycles. The molecule has 0 aliphatic heterocycles. The Morgan fingerprint density at radius 1 is 1.07 bits per heavy atom. The molecule has 1 N–H and O–H groups in total. The van der Waals surface area contributed by atoms with E-state index in [-0.39, 0.29) is 5.91 Å². The molecule has 7 nitrogen and oxygen atoms in total. The molecule has 0 saturated carbocycles. The van der Waals surface area contributed by atoms with Crippen LogP contribution in [0, 0.1) is 0 Å². The van der Waals surface area contributed by atoms with Gasteiger partial charge in [0.15, 0.2) is 0 Å². The van der Waals surface area contributed by atoms with Crippen molar-refractivity contribution < 1.29 is 4.79 Å². The molecular weight excluding hydrogens is 372 g/mol. The highest BCUT2D eigenvalue weighted by Gasteiger charge is 2.10. The molecule has 0 bridgehead atoms. The zero-order chi connectivity index (χ0) is 19.1. The van der Waals surface area contributed by atoms with Gasteiger partial charge in [0, 0.05) is 42.0 Å². The van der Waals surface area contributed by atoms with Crippen molar-refractivity contribution >= 4 is 44.2 Å². The Kier molecular flexibility index (Phi) is 3.84. The van der Waals surface area contributed by atoms with Crippen molar-refractivity contribution in [1.82, 2.24) is 24.7 Å². The van der Waals surface area contributed by atoms with Crippen molar-refractivity contribution in [2.75, 3.05) is 5.32 Å². The van der Waals surface area contributed by atoms with Gasteiger partial charge in [0.05, 0.1) is 33.1 Å². The average Bonchev–Trinajstić information content (AvgIpc) is 3.35. The molecule has 28 heavy (non-hydrogen) atoms. The fourth-order valence-electron chi connectivity index (χ4n) is 2.99. The van der Waals surface area contributed by atoms with E-state index in [9.17, 15) is 4.79 Å². The van der Waals surface area contributed by atoms with E-state index in [1.165, 1.54) is 0 Å². The first-order valence-corrected chi connectivity index (χ1v) is 9.44. The number of anilines is 1. The van der Waals surface area contributed by atoms with Crippen LogP contribution in [0.15, 0.2) is 60.5 Å². The van der Waals surface area contributed by atoms with Gasteiger partial charge >= 0.3 is 0 Å². The van der Waals surface area contributed by atoms with Crippen LogP contribution in [0.5, 0.6) is 0 Å². The highest BCUT2D eigenvalue weighted by molar-refractivity contribution is 7.16. The van der Waals surface area contributed by atoms with Crippen LogP contribution < -0.4 is 5.32 Å². The fourth-order valence-corrected chi connectivity index (χ4v) is 3.65. The van der Waals surface area contributed by atoms with Crippen LogP contribution in [0.2, 0.25) is 0 Å². The Labute approximate surface area is 163 Å². The second kappa shape index (κ2) is 6.50. The lowest BCUT2D eigenvalue weighted by Gasteiger charge is -2.06. The summed E-state index contributed by atoms with van der Waals surface area (Å²) in [7, 11) is 1.87. The van der Waals surface area contributed by atoms with Gasteiger partial charge in [-0.2, -0.15) is 5.10 Å². The van der Waals surface area contributed by atoms with Crippen LogP contribution >= 0.6 is 11.3 Å². The van der Waals surface area contributed by atoms with Gasteiger partial charge in [0.25, 0.3) is 5.91 Å². The highest BCUT2D eigenvalue weighted by atomic mass is 32.1. The first-order valence-electron chi connectivity index (χ1n) is 8.56. The number of carbonyl (C=O) groups is 1. The van der Waals surface area contributed by atoms with Crippen LogP contribution in [0.1, 0.15) is 10.4 Å². The predicted molar refractivity (Wildman–Crippen MR) is 109 cm³/mol. The number of hydrogen-bond donors (Lipinski definition) is 1. The van der Waals surface area contributed by atoms with Gasteiger partial charge in [0.2, 0.25) is 0 Å². The van der Waals surface area contributed by atoms with Crippen molar-refractivity contribution in [3.8, 4) is 11.3 Å². The van der Waals surface area contributed by atoms with Crippen LogP contribution in [-0.4, -0.2) is 30.6 Å². The Hall–Kier alpha value is -3.65. The van der Waals surface area contributed by atoms with Crippen LogP contribution in [-0.2, 0) is 7.05 Å². The smallest absolute Gasteiger partial charge is 0.256 e. The number of thiazole rings is 1. The zero-order valence-corrected chi connectivity index (χ0v) is 15.6. The van der Waals surface area contributed by atoms with Crippen molar-refractivity contribution in [2.45, 2.75) is 0 Å². The molecule has 8 heteroatoms. The van der Waals surface area contributed by atoms with E-state index in [1.54, 1.807) is 52.1 Å². The lowest BCUT2D eigenvalue weighted by molar-refractivity contribution is 0.102. The second-order valence-corrected chi connectivity index (χ2v) is 7.24. The molecule has 4 aromatic heterocycles. The normalized spacial score (nSPS) is 11.2. The third-order valence-corrected chi connectivity index (χ3v) is 5.22. The van der Waals surface area contributed by atoms with Gasteiger partial charge in [-0.1, -0.05) is 0 Å². The Balaban J connectivity index is 1.45. The number of aryl methyl sites for hydroxylation is 1. The van der Waals surface area contributed by atoms with Gasteiger partial charge in [-0.15, -0.1) is 11.3 Å². The summed E-state index contributed by atoms with van der Waals surface area (Å²) in [4.78, 5) is 25.9. The van der Waals surface area contributed by atoms with Gasteiger partial charge in [-0.05, 0) is 30.3 Å². The molecular formula is C20H14N6OS. The topological polar surface area (TPSA) is 85.6 Å². The molecule has 0 saturated heterocycles. The molecule has 0 atom stereocenters. The first kappa shape index (κ1) is 16.5. The number of carbonyl (C=O) groups excluding carboxylic acids is 1. The lowest BCUT2D eigenvalue weighted by atomic mass is 10.2. The summed E-state index contributed by atoms with van der Waals surface area (Å²) in [5.41, 5.74) is 5.62. The molecule has 5 aromatic rings. The second-order valence-electron chi connectivity index (χ2n) is 6.35. The molecule has 0 unspecified atom stereocenters. The summed E-state index contributed by atoms with van der Waals surface area (Å²) < 4.78 is 2.78. The van der Waals surface area contributed by atoms with E-state index in [0.717, 1.165) is 32.4 Å². The molecule has 0 fully saturated rings. The molecule has 136 valence electrons. The largest absolute Gasteiger partial charge is 0.306 e. The number of fused-ring (bicyclic) bond motifs is 2. The summed E-state index contributed by atoms with van der Waals surface area (Å²) in [5.74, 6) is 0.219. The number of hydrogen-bond acceptors (Lipinski definition) is 6. The van der Waals surface area contributed by atoms with Crippen LogP contribution in [0.4, 0.5) is 5.82 Å². The molecule has 4 heterocycles. The minimum Gasteiger partial charge on any atom is -0.306 e. The number of nitrogens with zero attached hydrogens (tertiary/aromatic N) is 5. The maximum atomic E-state index is 12.6. The lowest BCUT2D eigenvalue weighted by Crippen LogP contribution is -2.12. The molecule has 1 aromatic carbocycles. The van der Waals surface area contributed by atoms with Crippen molar-refractivity contribution in [1.29, 1.82) is 0 Å². The first-order chi connectivity index (χ1) is 13.7. The third kappa shape index (κ3) is 2.99. The average molecular weight is 386 g/mol. The molecule has 5 rings (SSSR count). The van der Waals surface area contributed by atoms with Crippen LogP contribution in [0.25, 0.3) is 32.4 Å². The maximum Gasteiger partial charge on any atom is 0.256 e. The number of aromatic nitrogens is 5. The summed E-state index contributed by atoms with van der Waals surface area (Å²) in [6, 6.07) is 11.1. The minimum atomic E-state index is -0.231. The highest BCUT2D eigenvalue weighted by Crippen LogP contribution is 2.23.